The molecule has 1 aliphatic rings. The quantitative estimate of drug-likeness (QED) is 0.0714. The lowest BCUT2D eigenvalue weighted by Gasteiger charge is -2.28. The molecule has 0 amide bonds. The fourth-order valence-electron chi connectivity index (χ4n) is 6.94. The summed E-state index contributed by atoms with van der Waals surface area (Å²) >= 11 is 0. The minimum absolute atomic E-state index is 0.0169. The van der Waals surface area contributed by atoms with Gasteiger partial charge in [0.05, 0.1) is 12.0 Å². The number of benzene rings is 6. The van der Waals surface area contributed by atoms with Gasteiger partial charge in [-0.1, -0.05) is 36.4 Å². The second-order valence-corrected chi connectivity index (χ2v) is 12.8. The van der Waals surface area contributed by atoms with E-state index in [1.807, 2.05) is 6.07 Å². The van der Waals surface area contributed by atoms with Crippen LogP contribution in [0.25, 0.3) is 11.6 Å². The number of ether oxygens (including phenoxy) is 1. The van der Waals surface area contributed by atoms with E-state index in [1.54, 1.807) is 54.6 Å². The average molecular weight is 699 g/mol. The highest BCUT2D eigenvalue weighted by atomic mass is 16.5. The van der Waals surface area contributed by atoms with Crippen molar-refractivity contribution in [3.05, 3.63) is 160 Å². The van der Waals surface area contributed by atoms with Crippen molar-refractivity contribution in [3.8, 4) is 51.7 Å². The third-order valence-electron chi connectivity index (χ3n) is 9.16. The lowest BCUT2D eigenvalue weighted by Crippen LogP contribution is -2.13. The number of rotatable bonds is 8. The van der Waals surface area contributed by atoms with E-state index in [0.717, 1.165) is 17.7 Å². The molecule has 7 rings (SSSR count). The van der Waals surface area contributed by atoms with Crippen molar-refractivity contribution < 1.29 is 50.7 Å². The van der Waals surface area contributed by atoms with Crippen molar-refractivity contribution >= 4 is 11.6 Å². The van der Waals surface area contributed by atoms with E-state index in [0.29, 0.717) is 44.7 Å². The largest absolute Gasteiger partial charge is 0.508 e. The first-order valence-electron chi connectivity index (χ1n) is 16.3. The molecule has 10 nitrogen and oxygen atoms in total. The number of hydrogen-bond acceptors (Lipinski definition) is 10. The SMILES string of the molecule is Oc1ccc(C(O)[C@H](/C(=C/c2ccc3c(c2)[C@H](c2cc(O)cc(O)c2)[C@@H](c2ccc(O)cc2)O3)c2cc(O)cc(O)c2)c2cc(O)cc(O)c2)cc1. The lowest BCUT2D eigenvalue weighted by atomic mass is 9.79. The molecular formula is C42H34O10. The summed E-state index contributed by atoms with van der Waals surface area (Å²) in [6, 6.07) is 30.1. The third kappa shape index (κ3) is 6.83. The van der Waals surface area contributed by atoms with Crippen molar-refractivity contribution in [3.63, 3.8) is 0 Å². The molecule has 6 aromatic carbocycles. The molecule has 262 valence electrons. The van der Waals surface area contributed by atoms with Crippen LogP contribution in [0.3, 0.4) is 0 Å². The molecule has 0 aromatic heterocycles. The molecule has 1 aliphatic heterocycles. The summed E-state index contributed by atoms with van der Waals surface area (Å²) in [6.45, 7) is 0. The maximum Gasteiger partial charge on any atom is 0.135 e. The second kappa shape index (κ2) is 13.5. The monoisotopic (exact) mass is 698 g/mol. The van der Waals surface area contributed by atoms with Crippen LogP contribution >= 0.6 is 0 Å². The molecule has 0 spiro atoms. The van der Waals surface area contributed by atoms with Gasteiger partial charge in [0.25, 0.3) is 0 Å². The van der Waals surface area contributed by atoms with Crippen LogP contribution in [0.4, 0.5) is 0 Å². The topological polar surface area (TPSA) is 191 Å². The van der Waals surface area contributed by atoms with E-state index >= 15 is 0 Å². The molecule has 10 heteroatoms. The molecule has 4 atom stereocenters. The third-order valence-corrected chi connectivity index (χ3v) is 9.16. The molecule has 0 bridgehead atoms. The number of aromatic hydroxyl groups is 8. The summed E-state index contributed by atoms with van der Waals surface area (Å²) in [7, 11) is 0. The molecule has 0 saturated carbocycles. The van der Waals surface area contributed by atoms with E-state index in [9.17, 15) is 46.0 Å². The smallest absolute Gasteiger partial charge is 0.135 e. The maximum atomic E-state index is 12.0. The Balaban J connectivity index is 1.44. The van der Waals surface area contributed by atoms with Crippen LogP contribution in [0.5, 0.6) is 51.7 Å². The highest BCUT2D eigenvalue weighted by Crippen LogP contribution is 2.52. The van der Waals surface area contributed by atoms with Crippen LogP contribution < -0.4 is 4.74 Å². The van der Waals surface area contributed by atoms with Crippen molar-refractivity contribution in [2.75, 3.05) is 0 Å². The Morgan fingerprint density at radius 2 is 1.02 bits per heavy atom. The van der Waals surface area contributed by atoms with Crippen LogP contribution in [-0.2, 0) is 0 Å². The fourth-order valence-corrected chi connectivity index (χ4v) is 6.94. The van der Waals surface area contributed by atoms with Crippen molar-refractivity contribution in [1.82, 2.24) is 0 Å². The standard InChI is InChI=1S/C42H34O10/c43-28-6-2-23(3-7-28)41(51)39(26-15-32(47)20-33(48)16-26)36(25-13-30(45)19-31(46)14-25)11-22-1-10-38-37(12-22)40(27-17-34(49)21-35(50)18-27)42(52-38)24-4-8-29(44)9-5-24/h1-21,39-51H/b36-11+/t39-,40-,41?,42+/m0/s1. The summed E-state index contributed by atoms with van der Waals surface area (Å²) in [5.41, 5.74) is 3.96. The minimum atomic E-state index is -1.34. The molecular weight excluding hydrogens is 664 g/mol. The minimum Gasteiger partial charge on any atom is -0.508 e. The number of aliphatic hydroxyl groups is 1. The molecule has 1 heterocycles. The van der Waals surface area contributed by atoms with Crippen LogP contribution in [0.1, 0.15) is 63.0 Å². The zero-order valence-corrected chi connectivity index (χ0v) is 27.4. The maximum absolute atomic E-state index is 12.0. The first-order chi connectivity index (χ1) is 24.9. The van der Waals surface area contributed by atoms with Crippen molar-refractivity contribution in [2.45, 2.75) is 24.0 Å². The lowest BCUT2D eigenvalue weighted by molar-refractivity contribution is 0.165. The van der Waals surface area contributed by atoms with Gasteiger partial charge in [-0.25, -0.2) is 0 Å². The summed E-state index contributed by atoms with van der Waals surface area (Å²) in [5.74, 6) is -2.29. The molecule has 9 N–H and O–H groups in total. The summed E-state index contributed by atoms with van der Waals surface area (Å²) in [4.78, 5) is 0. The Morgan fingerprint density at radius 3 is 1.60 bits per heavy atom. The van der Waals surface area contributed by atoms with Gasteiger partial charge in [0.1, 0.15) is 57.8 Å². The number of aliphatic hydroxyl groups excluding tert-OH is 1. The molecule has 0 radical (unpaired) electrons. The van der Waals surface area contributed by atoms with E-state index in [2.05, 4.69) is 0 Å². The Hall–Kier alpha value is -6.78. The number of hydrogen-bond donors (Lipinski definition) is 9. The van der Waals surface area contributed by atoms with E-state index < -0.39 is 24.0 Å². The Labute approximate surface area is 297 Å². The van der Waals surface area contributed by atoms with Gasteiger partial charge >= 0.3 is 0 Å². The second-order valence-electron chi connectivity index (χ2n) is 12.8. The Morgan fingerprint density at radius 1 is 0.500 bits per heavy atom. The first kappa shape index (κ1) is 33.7. The van der Waals surface area contributed by atoms with Crippen LogP contribution in [0.2, 0.25) is 0 Å². The molecule has 6 aromatic rings. The van der Waals surface area contributed by atoms with Gasteiger partial charge in [-0.15, -0.1) is 0 Å². The van der Waals surface area contributed by atoms with Gasteiger partial charge in [-0.3, -0.25) is 0 Å². The molecule has 0 fully saturated rings. The summed E-state index contributed by atoms with van der Waals surface area (Å²) in [5, 5.41) is 95.1. The highest BCUT2D eigenvalue weighted by Gasteiger charge is 2.38. The average Bonchev–Trinajstić information content (AvgIpc) is 3.46. The van der Waals surface area contributed by atoms with Gasteiger partial charge in [-0.05, 0) is 112 Å². The fraction of sp³-hybridized carbons (Fsp3) is 0.0952. The van der Waals surface area contributed by atoms with E-state index in [-0.39, 0.29) is 46.0 Å². The number of phenols is 8. The highest BCUT2D eigenvalue weighted by molar-refractivity contribution is 5.87. The molecule has 0 saturated heterocycles. The molecule has 52 heavy (non-hydrogen) atoms. The normalized spacial score (nSPS) is 16.5. The van der Waals surface area contributed by atoms with Gasteiger partial charge < -0.3 is 50.7 Å². The van der Waals surface area contributed by atoms with Crippen LogP contribution in [-0.4, -0.2) is 46.0 Å². The number of fused-ring (bicyclic) bond motifs is 1. The zero-order chi connectivity index (χ0) is 36.7. The van der Waals surface area contributed by atoms with Gasteiger partial charge in [0, 0.05) is 29.7 Å². The van der Waals surface area contributed by atoms with Gasteiger partial charge in [-0.2, -0.15) is 0 Å². The van der Waals surface area contributed by atoms with E-state index in [1.165, 1.54) is 54.6 Å². The van der Waals surface area contributed by atoms with Crippen LogP contribution in [0.15, 0.2) is 121 Å². The predicted octanol–water partition coefficient (Wildman–Crippen LogP) is 7.66. The zero-order valence-electron chi connectivity index (χ0n) is 27.4. The van der Waals surface area contributed by atoms with Crippen molar-refractivity contribution in [2.24, 2.45) is 0 Å². The van der Waals surface area contributed by atoms with Gasteiger partial charge in [0.15, 0.2) is 0 Å². The molecule has 1 unspecified atom stereocenters. The summed E-state index contributed by atoms with van der Waals surface area (Å²) in [6.07, 6.45) is -0.204. The molecule has 0 aliphatic carbocycles. The Bertz CT molecular complexity index is 2240. The number of phenolic OH excluding ortho intramolecular Hbond substituents is 8. The summed E-state index contributed by atoms with van der Waals surface area (Å²) < 4.78 is 6.46. The van der Waals surface area contributed by atoms with Gasteiger partial charge in [0.2, 0.25) is 0 Å². The van der Waals surface area contributed by atoms with Crippen molar-refractivity contribution in [1.29, 1.82) is 0 Å². The Kier molecular flexibility index (Phi) is 8.75. The predicted molar refractivity (Wildman–Crippen MR) is 193 cm³/mol. The van der Waals surface area contributed by atoms with Crippen LogP contribution in [0, 0.1) is 0 Å². The first-order valence-corrected chi connectivity index (χ1v) is 16.3. The van der Waals surface area contributed by atoms with E-state index in [4.69, 9.17) is 4.74 Å².